The molecule has 2 aromatic carbocycles. The van der Waals surface area contributed by atoms with Crippen LogP contribution in [-0.2, 0) is 17.0 Å². The van der Waals surface area contributed by atoms with Crippen molar-refractivity contribution >= 4 is 49.6 Å². The smallest absolute Gasteiger partial charge is 0.336 e. The van der Waals surface area contributed by atoms with Crippen LogP contribution < -0.4 is 11.2 Å². The van der Waals surface area contributed by atoms with Crippen LogP contribution in [0.3, 0.4) is 0 Å². The van der Waals surface area contributed by atoms with Crippen LogP contribution in [0.4, 0.5) is 0 Å². The van der Waals surface area contributed by atoms with E-state index in [1.54, 1.807) is 29.9 Å². The van der Waals surface area contributed by atoms with Crippen LogP contribution in [0.2, 0.25) is 0 Å². The first-order valence-electron chi connectivity index (χ1n) is 9.04. The maximum Gasteiger partial charge on any atom is 0.336 e. The Kier molecular flexibility index (Phi) is 5.94. The maximum atomic E-state index is 13.1. The predicted octanol–water partition coefficient (Wildman–Crippen LogP) is 3.91. The summed E-state index contributed by atoms with van der Waals surface area (Å²) >= 11 is 4.75. The number of fused-ring (bicyclic) bond motifs is 2. The Labute approximate surface area is 183 Å². The second-order valence-electron chi connectivity index (χ2n) is 6.57. The fraction of sp³-hybridized carbons (Fsp3) is 0.190. The number of aromatic hydroxyl groups is 1. The van der Waals surface area contributed by atoms with Gasteiger partial charge in [0.15, 0.2) is 5.16 Å². The summed E-state index contributed by atoms with van der Waals surface area (Å²) in [6, 6.07) is 11.5. The van der Waals surface area contributed by atoms with Crippen molar-refractivity contribution in [3.8, 4) is 5.75 Å². The number of hydrogen-bond donors (Lipinski definition) is 1. The number of thioether (sulfide) groups is 1. The van der Waals surface area contributed by atoms with E-state index >= 15 is 0 Å². The minimum atomic E-state index is -0.503. The van der Waals surface area contributed by atoms with Gasteiger partial charge in [0.25, 0.3) is 5.56 Å². The van der Waals surface area contributed by atoms with Gasteiger partial charge >= 0.3 is 5.63 Å². The van der Waals surface area contributed by atoms with Gasteiger partial charge in [0, 0.05) is 34.9 Å². The van der Waals surface area contributed by atoms with Crippen molar-refractivity contribution in [1.29, 1.82) is 0 Å². The molecule has 0 spiro atoms. The molecule has 0 saturated carbocycles. The van der Waals surface area contributed by atoms with E-state index in [0.717, 1.165) is 15.4 Å². The Morgan fingerprint density at radius 2 is 2.00 bits per heavy atom. The topological polar surface area (TPSA) is 94.6 Å². The third-order valence-electron chi connectivity index (χ3n) is 4.57. The number of phenols is 1. The maximum absolute atomic E-state index is 13.1. The lowest BCUT2D eigenvalue weighted by atomic mass is 10.1. The molecule has 0 atom stereocenters. The van der Waals surface area contributed by atoms with E-state index < -0.39 is 5.63 Å². The van der Waals surface area contributed by atoms with Gasteiger partial charge < -0.3 is 14.3 Å². The van der Waals surface area contributed by atoms with Gasteiger partial charge in [-0.1, -0.05) is 27.7 Å². The fourth-order valence-corrected chi connectivity index (χ4v) is 4.52. The molecule has 9 heteroatoms. The largest absolute Gasteiger partial charge is 0.508 e. The Bertz CT molecular complexity index is 1370. The molecule has 0 aliphatic heterocycles. The van der Waals surface area contributed by atoms with Crippen LogP contribution >= 0.6 is 27.7 Å². The van der Waals surface area contributed by atoms with E-state index in [9.17, 15) is 14.7 Å². The zero-order valence-corrected chi connectivity index (χ0v) is 18.3. The Balaban J connectivity index is 1.77. The molecule has 0 saturated heterocycles. The predicted molar refractivity (Wildman–Crippen MR) is 119 cm³/mol. The summed E-state index contributed by atoms with van der Waals surface area (Å²) in [5.41, 5.74) is 0.989. The molecular weight excluding hydrogens is 472 g/mol. The van der Waals surface area contributed by atoms with E-state index in [4.69, 9.17) is 9.15 Å². The number of phenolic OH excluding ortho intramolecular Hbond substituents is 1. The van der Waals surface area contributed by atoms with Gasteiger partial charge in [-0.25, -0.2) is 9.78 Å². The molecule has 154 valence electrons. The summed E-state index contributed by atoms with van der Waals surface area (Å²) in [6.07, 6.45) is 0. The molecule has 2 aromatic heterocycles. The summed E-state index contributed by atoms with van der Waals surface area (Å²) in [5.74, 6) is 0.417. The molecule has 7 nitrogen and oxygen atoms in total. The number of methoxy groups -OCH3 is 1. The van der Waals surface area contributed by atoms with Crippen LogP contribution in [0.25, 0.3) is 21.9 Å². The lowest BCUT2D eigenvalue weighted by Gasteiger charge is -2.13. The second kappa shape index (κ2) is 8.63. The molecule has 1 N–H and O–H groups in total. The fourth-order valence-electron chi connectivity index (χ4n) is 3.14. The lowest BCUT2D eigenvalue weighted by molar-refractivity contribution is 0.183. The first-order chi connectivity index (χ1) is 14.5. The van der Waals surface area contributed by atoms with E-state index in [1.165, 1.54) is 30.0 Å². The van der Waals surface area contributed by atoms with Gasteiger partial charge in [0.05, 0.1) is 24.1 Å². The number of rotatable bonds is 6. The van der Waals surface area contributed by atoms with Gasteiger partial charge in [-0.3, -0.25) is 9.36 Å². The van der Waals surface area contributed by atoms with Crippen molar-refractivity contribution in [3.05, 3.63) is 73.3 Å². The standard InChI is InChI=1S/C21H17BrN2O5S/c1-28-7-6-24-20(27)16-9-13(22)2-5-17(16)23-21(24)30-11-12-8-19(26)29-18-10-14(25)3-4-15(12)18/h2-5,8-10,25H,6-7,11H2,1H3. The monoisotopic (exact) mass is 488 g/mol. The van der Waals surface area contributed by atoms with Crippen molar-refractivity contribution < 1.29 is 14.3 Å². The SMILES string of the molecule is COCCn1c(SCc2cc(=O)oc3cc(O)ccc23)nc2ccc(Br)cc2c1=O. The molecule has 0 aliphatic carbocycles. The van der Waals surface area contributed by atoms with Crippen LogP contribution in [-0.4, -0.2) is 28.4 Å². The Morgan fingerprint density at radius 1 is 1.17 bits per heavy atom. The highest BCUT2D eigenvalue weighted by Gasteiger charge is 2.14. The second-order valence-corrected chi connectivity index (χ2v) is 8.42. The molecular formula is C21H17BrN2O5S. The van der Waals surface area contributed by atoms with Crippen LogP contribution in [0.1, 0.15) is 5.56 Å². The molecule has 30 heavy (non-hydrogen) atoms. The molecule has 0 amide bonds. The normalized spacial score (nSPS) is 11.4. The molecule has 2 heterocycles. The molecule has 0 unspecified atom stereocenters. The first-order valence-corrected chi connectivity index (χ1v) is 10.8. The number of halogens is 1. The van der Waals surface area contributed by atoms with E-state index in [0.29, 0.717) is 40.5 Å². The van der Waals surface area contributed by atoms with E-state index in [2.05, 4.69) is 20.9 Å². The molecule has 4 rings (SSSR count). The summed E-state index contributed by atoms with van der Waals surface area (Å²) in [7, 11) is 1.58. The summed E-state index contributed by atoms with van der Waals surface area (Å²) in [5, 5.41) is 11.4. The van der Waals surface area contributed by atoms with Crippen molar-refractivity contribution in [2.75, 3.05) is 13.7 Å². The number of hydrogen-bond acceptors (Lipinski definition) is 7. The third kappa shape index (κ3) is 4.14. The summed E-state index contributed by atoms with van der Waals surface area (Å²) < 4.78 is 12.7. The third-order valence-corrected chi connectivity index (χ3v) is 6.09. The van der Waals surface area contributed by atoms with Crippen LogP contribution in [0, 0.1) is 0 Å². The number of ether oxygens (including phenoxy) is 1. The average Bonchev–Trinajstić information content (AvgIpc) is 2.71. The molecule has 0 fully saturated rings. The first kappa shape index (κ1) is 20.6. The molecule has 4 aromatic rings. The van der Waals surface area contributed by atoms with Crippen molar-refractivity contribution in [1.82, 2.24) is 9.55 Å². The zero-order chi connectivity index (χ0) is 21.3. The molecule has 0 bridgehead atoms. The highest BCUT2D eigenvalue weighted by molar-refractivity contribution is 9.10. The quantitative estimate of drug-likeness (QED) is 0.249. The summed E-state index contributed by atoms with van der Waals surface area (Å²) in [6.45, 7) is 0.727. The minimum absolute atomic E-state index is 0.0196. The van der Waals surface area contributed by atoms with E-state index in [-0.39, 0.29) is 11.3 Å². The van der Waals surface area contributed by atoms with Crippen LogP contribution in [0.15, 0.2) is 66.1 Å². The van der Waals surface area contributed by atoms with Gasteiger partial charge in [-0.05, 0) is 35.9 Å². The van der Waals surface area contributed by atoms with Crippen LogP contribution in [0.5, 0.6) is 5.75 Å². The Hall–Kier alpha value is -2.62. The van der Waals surface area contributed by atoms with Gasteiger partial charge in [-0.15, -0.1) is 0 Å². The Morgan fingerprint density at radius 3 is 2.80 bits per heavy atom. The van der Waals surface area contributed by atoms with Crippen molar-refractivity contribution in [3.63, 3.8) is 0 Å². The van der Waals surface area contributed by atoms with Gasteiger partial charge in [0.2, 0.25) is 0 Å². The number of aromatic nitrogens is 2. The van der Waals surface area contributed by atoms with Crippen molar-refractivity contribution in [2.24, 2.45) is 0 Å². The highest BCUT2D eigenvalue weighted by atomic mass is 79.9. The highest BCUT2D eigenvalue weighted by Crippen LogP contribution is 2.28. The van der Waals surface area contributed by atoms with Gasteiger partial charge in [-0.2, -0.15) is 0 Å². The zero-order valence-electron chi connectivity index (χ0n) is 15.9. The number of benzene rings is 2. The lowest BCUT2D eigenvalue weighted by Crippen LogP contribution is -2.25. The van der Waals surface area contributed by atoms with Crippen molar-refractivity contribution in [2.45, 2.75) is 17.5 Å². The minimum Gasteiger partial charge on any atom is -0.508 e. The van der Waals surface area contributed by atoms with E-state index in [1.807, 2.05) is 6.07 Å². The number of nitrogens with zero attached hydrogens (tertiary/aromatic N) is 2. The summed E-state index contributed by atoms with van der Waals surface area (Å²) in [4.78, 5) is 29.7. The van der Waals surface area contributed by atoms with Gasteiger partial charge in [0.1, 0.15) is 11.3 Å². The molecule has 0 radical (unpaired) electrons. The molecule has 0 aliphatic rings. The average molecular weight is 489 g/mol.